The Kier molecular flexibility index (Phi) is 4.60. The molecule has 0 aliphatic carbocycles. The molecule has 0 aliphatic heterocycles. The maximum absolute atomic E-state index is 4.41. The second-order valence-corrected chi connectivity index (χ2v) is 5.93. The minimum atomic E-state index is 0.340. The highest BCUT2D eigenvalue weighted by atomic mass is 79.9. The monoisotopic (exact) mass is 334 g/mol. The largest absolute Gasteiger partial charge is 0.368 e. The summed E-state index contributed by atoms with van der Waals surface area (Å²) in [4.78, 5) is 8.79. The molecule has 1 aromatic carbocycles. The van der Waals surface area contributed by atoms with E-state index in [0.29, 0.717) is 6.04 Å². The quantitative estimate of drug-likeness (QED) is 0.868. The van der Waals surface area contributed by atoms with Crippen LogP contribution in [-0.4, -0.2) is 16.0 Å². The van der Waals surface area contributed by atoms with Gasteiger partial charge in [0, 0.05) is 22.3 Å². The minimum Gasteiger partial charge on any atom is -0.368 e. The highest BCUT2D eigenvalue weighted by molar-refractivity contribution is 9.10. The first-order valence-electron chi connectivity index (χ1n) is 6.59. The molecule has 0 spiro atoms. The molecule has 20 heavy (non-hydrogen) atoms. The lowest BCUT2D eigenvalue weighted by Crippen LogP contribution is -2.12. The van der Waals surface area contributed by atoms with Crippen LogP contribution in [-0.2, 0) is 0 Å². The predicted molar refractivity (Wildman–Crippen MR) is 87.7 cm³/mol. The molecular formula is C15H19BrN4. The van der Waals surface area contributed by atoms with E-state index in [1.54, 1.807) is 0 Å². The molecule has 2 N–H and O–H groups in total. The molecule has 0 aliphatic rings. The Morgan fingerprint density at radius 3 is 2.40 bits per heavy atom. The third-order valence-electron chi connectivity index (χ3n) is 2.70. The highest BCUT2D eigenvalue weighted by Gasteiger charge is 2.04. The molecule has 0 saturated heterocycles. The first-order valence-corrected chi connectivity index (χ1v) is 7.39. The summed E-state index contributed by atoms with van der Waals surface area (Å²) in [5.41, 5.74) is 2.20. The van der Waals surface area contributed by atoms with Crippen molar-refractivity contribution in [3.8, 4) is 0 Å². The lowest BCUT2D eigenvalue weighted by Gasteiger charge is -2.12. The average molecular weight is 335 g/mol. The van der Waals surface area contributed by atoms with Crippen molar-refractivity contribution in [1.82, 2.24) is 9.97 Å². The van der Waals surface area contributed by atoms with Crippen molar-refractivity contribution < 1.29 is 0 Å². The molecule has 4 nitrogen and oxygen atoms in total. The van der Waals surface area contributed by atoms with Crippen LogP contribution < -0.4 is 10.6 Å². The smallest absolute Gasteiger partial charge is 0.136 e. The lowest BCUT2D eigenvalue weighted by atomic mass is 10.2. The van der Waals surface area contributed by atoms with Gasteiger partial charge in [0.25, 0.3) is 0 Å². The molecule has 2 rings (SSSR count). The second kappa shape index (κ2) is 6.22. The van der Waals surface area contributed by atoms with Gasteiger partial charge in [0.1, 0.15) is 17.5 Å². The molecule has 0 saturated carbocycles. The van der Waals surface area contributed by atoms with E-state index >= 15 is 0 Å². The molecule has 2 aromatic rings. The third-order valence-corrected chi connectivity index (χ3v) is 3.59. The van der Waals surface area contributed by atoms with Crippen LogP contribution in [0.25, 0.3) is 0 Å². The number of hydrogen-bond acceptors (Lipinski definition) is 4. The molecule has 1 aromatic heterocycles. The number of nitrogens with one attached hydrogen (secondary N) is 2. The van der Waals surface area contributed by atoms with Crippen LogP contribution in [0.4, 0.5) is 17.3 Å². The van der Waals surface area contributed by atoms with Gasteiger partial charge in [-0.1, -0.05) is 15.9 Å². The summed E-state index contributed by atoms with van der Waals surface area (Å²) in [6.07, 6.45) is 0. The van der Waals surface area contributed by atoms with E-state index in [4.69, 9.17) is 0 Å². The van der Waals surface area contributed by atoms with E-state index in [0.717, 1.165) is 27.6 Å². The molecule has 0 fully saturated rings. The number of halogens is 1. The zero-order valence-electron chi connectivity index (χ0n) is 12.2. The van der Waals surface area contributed by atoms with E-state index in [1.807, 2.05) is 25.1 Å². The van der Waals surface area contributed by atoms with Crippen LogP contribution >= 0.6 is 15.9 Å². The maximum Gasteiger partial charge on any atom is 0.136 e. The Hall–Kier alpha value is -1.62. The summed E-state index contributed by atoms with van der Waals surface area (Å²) < 4.78 is 1.10. The summed E-state index contributed by atoms with van der Waals surface area (Å²) in [5.74, 6) is 2.37. The van der Waals surface area contributed by atoms with Gasteiger partial charge in [0.2, 0.25) is 0 Å². The fourth-order valence-electron chi connectivity index (χ4n) is 1.87. The van der Waals surface area contributed by atoms with Gasteiger partial charge in [-0.25, -0.2) is 9.97 Å². The fraction of sp³-hybridized carbons (Fsp3) is 0.333. The van der Waals surface area contributed by atoms with Crippen molar-refractivity contribution in [3.63, 3.8) is 0 Å². The van der Waals surface area contributed by atoms with Crippen molar-refractivity contribution in [2.75, 3.05) is 10.6 Å². The third kappa shape index (κ3) is 3.93. The molecule has 106 valence electrons. The Labute approximate surface area is 128 Å². The Balaban J connectivity index is 2.24. The lowest BCUT2D eigenvalue weighted by molar-refractivity contribution is 0.881. The van der Waals surface area contributed by atoms with E-state index < -0.39 is 0 Å². The van der Waals surface area contributed by atoms with Crippen LogP contribution in [0.1, 0.15) is 25.2 Å². The van der Waals surface area contributed by atoms with Gasteiger partial charge in [-0.05, 0) is 51.5 Å². The predicted octanol–water partition coefficient (Wildman–Crippen LogP) is 4.42. The number of benzene rings is 1. The van der Waals surface area contributed by atoms with Crippen molar-refractivity contribution >= 4 is 33.3 Å². The Bertz CT molecular complexity index is 611. The van der Waals surface area contributed by atoms with Crippen molar-refractivity contribution in [2.24, 2.45) is 0 Å². The molecular weight excluding hydrogens is 316 g/mol. The summed E-state index contributed by atoms with van der Waals surface area (Å²) in [7, 11) is 0. The average Bonchev–Trinajstić information content (AvgIpc) is 2.32. The number of aryl methyl sites for hydroxylation is 2. The van der Waals surface area contributed by atoms with Gasteiger partial charge in [-0.3, -0.25) is 0 Å². The van der Waals surface area contributed by atoms with Crippen LogP contribution in [0.3, 0.4) is 0 Å². The van der Waals surface area contributed by atoms with E-state index in [-0.39, 0.29) is 0 Å². The zero-order valence-corrected chi connectivity index (χ0v) is 13.7. The standard InChI is InChI=1S/C15H19BrN4/c1-9(2)17-14-8-15(19-11(4)18-14)20-12-5-6-13(16)10(3)7-12/h5-9H,1-4H3,(H2,17,18,19,20). The van der Waals surface area contributed by atoms with Crippen LogP contribution in [0.2, 0.25) is 0 Å². The number of nitrogens with zero attached hydrogens (tertiary/aromatic N) is 2. The number of anilines is 3. The first-order chi connectivity index (χ1) is 9.44. The zero-order chi connectivity index (χ0) is 14.7. The second-order valence-electron chi connectivity index (χ2n) is 5.07. The van der Waals surface area contributed by atoms with Crippen molar-refractivity contribution in [1.29, 1.82) is 0 Å². The molecule has 5 heteroatoms. The Morgan fingerprint density at radius 2 is 1.75 bits per heavy atom. The summed E-state index contributed by atoms with van der Waals surface area (Å²) in [6.45, 7) is 8.13. The van der Waals surface area contributed by atoms with Gasteiger partial charge < -0.3 is 10.6 Å². The summed E-state index contributed by atoms with van der Waals surface area (Å²) in [6, 6.07) is 8.39. The fourth-order valence-corrected chi connectivity index (χ4v) is 2.12. The van der Waals surface area contributed by atoms with Crippen molar-refractivity contribution in [2.45, 2.75) is 33.7 Å². The van der Waals surface area contributed by atoms with E-state index in [2.05, 4.69) is 63.4 Å². The highest BCUT2D eigenvalue weighted by Crippen LogP contribution is 2.23. The molecule has 1 heterocycles. The molecule has 0 atom stereocenters. The summed E-state index contributed by atoms with van der Waals surface area (Å²) in [5, 5.41) is 6.61. The molecule has 0 amide bonds. The SMILES string of the molecule is Cc1nc(Nc2ccc(Br)c(C)c2)cc(NC(C)C)n1. The molecule has 0 unspecified atom stereocenters. The minimum absolute atomic E-state index is 0.340. The van der Waals surface area contributed by atoms with Gasteiger partial charge in [-0.2, -0.15) is 0 Å². The van der Waals surface area contributed by atoms with Gasteiger partial charge in [-0.15, -0.1) is 0 Å². The summed E-state index contributed by atoms with van der Waals surface area (Å²) >= 11 is 3.50. The number of hydrogen-bond donors (Lipinski definition) is 2. The van der Waals surface area contributed by atoms with Crippen molar-refractivity contribution in [3.05, 3.63) is 40.1 Å². The van der Waals surface area contributed by atoms with Crippen LogP contribution in [0, 0.1) is 13.8 Å². The number of rotatable bonds is 4. The van der Waals surface area contributed by atoms with Gasteiger partial charge >= 0.3 is 0 Å². The van der Waals surface area contributed by atoms with Crippen LogP contribution in [0.15, 0.2) is 28.7 Å². The topological polar surface area (TPSA) is 49.8 Å². The Morgan fingerprint density at radius 1 is 1.05 bits per heavy atom. The van der Waals surface area contributed by atoms with Gasteiger partial charge in [0.15, 0.2) is 0 Å². The first kappa shape index (κ1) is 14.8. The van der Waals surface area contributed by atoms with Gasteiger partial charge in [0.05, 0.1) is 0 Å². The molecule has 0 radical (unpaired) electrons. The number of aromatic nitrogens is 2. The van der Waals surface area contributed by atoms with E-state index in [9.17, 15) is 0 Å². The van der Waals surface area contributed by atoms with E-state index in [1.165, 1.54) is 5.56 Å². The molecule has 0 bridgehead atoms. The normalized spacial score (nSPS) is 10.7. The van der Waals surface area contributed by atoms with Crippen LogP contribution in [0.5, 0.6) is 0 Å². The maximum atomic E-state index is 4.41.